The van der Waals surface area contributed by atoms with Gasteiger partial charge in [0.15, 0.2) is 0 Å². The van der Waals surface area contributed by atoms with Crippen molar-refractivity contribution in [2.75, 3.05) is 0 Å². The van der Waals surface area contributed by atoms with Crippen molar-refractivity contribution in [2.45, 2.75) is 32.7 Å². The quantitative estimate of drug-likeness (QED) is 0.753. The molecule has 1 N–H and O–H groups in total. The van der Waals surface area contributed by atoms with Gasteiger partial charge in [0.1, 0.15) is 0 Å². The number of imide groups is 1. The standard InChI is InChI=1S/C11H15N3O2/c1-2-3-14-7-12-6-9(14)4-8-5-10(15)13-11(8)16/h6-8H,2-5H2,1H3,(H,13,15,16). The molecule has 0 bridgehead atoms. The zero-order valence-corrected chi connectivity index (χ0v) is 9.27. The molecule has 1 atom stereocenters. The Balaban J connectivity index is 2.06. The van der Waals surface area contributed by atoms with Gasteiger partial charge in [0.25, 0.3) is 0 Å². The van der Waals surface area contributed by atoms with E-state index >= 15 is 0 Å². The van der Waals surface area contributed by atoms with E-state index in [1.807, 2.05) is 4.57 Å². The lowest BCUT2D eigenvalue weighted by atomic mass is 10.0. The zero-order valence-electron chi connectivity index (χ0n) is 9.27. The Labute approximate surface area is 93.9 Å². The number of hydrogen-bond acceptors (Lipinski definition) is 3. The predicted octanol–water partition coefficient (Wildman–Crippen LogP) is 0.498. The molecule has 0 spiro atoms. The minimum absolute atomic E-state index is 0.158. The van der Waals surface area contributed by atoms with Gasteiger partial charge in [-0.2, -0.15) is 0 Å². The fourth-order valence-corrected chi connectivity index (χ4v) is 1.98. The summed E-state index contributed by atoms with van der Waals surface area (Å²) in [6, 6.07) is 0. The number of nitrogens with one attached hydrogen (secondary N) is 1. The molecule has 1 aromatic heterocycles. The van der Waals surface area contributed by atoms with Crippen LogP contribution in [0.25, 0.3) is 0 Å². The van der Waals surface area contributed by atoms with Gasteiger partial charge >= 0.3 is 0 Å². The summed E-state index contributed by atoms with van der Waals surface area (Å²) in [5, 5.41) is 2.32. The highest BCUT2D eigenvalue weighted by molar-refractivity contribution is 6.03. The van der Waals surface area contributed by atoms with Gasteiger partial charge in [-0.1, -0.05) is 6.92 Å². The highest BCUT2D eigenvalue weighted by Gasteiger charge is 2.31. The van der Waals surface area contributed by atoms with Crippen molar-refractivity contribution in [2.24, 2.45) is 5.92 Å². The van der Waals surface area contributed by atoms with E-state index in [-0.39, 0.29) is 17.7 Å². The van der Waals surface area contributed by atoms with Crippen molar-refractivity contribution >= 4 is 11.8 Å². The molecule has 16 heavy (non-hydrogen) atoms. The summed E-state index contributed by atoms with van der Waals surface area (Å²) in [5.41, 5.74) is 1.02. The summed E-state index contributed by atoms with van der Waals surface area (Å²) in [5.74, 6) is -0.550. The van der Waals surface area contributed by atoms with Crippen LogP contribution in [0, 0.1) is 5.92 Å². The Morgan fingerprint density at radius 2 is 2.38 bits per heavy atom. The summed E-state index contributed by atoms with van der Waals surface area (Å²) in [7, 11) is 0. The van der Waals surface area contributed by atoms with Gasteiger partial charge in [-0.25, -0.2) is 4.98 Å². The number of amides is 2. The van der Waals surface area contributed by atoms with Crippen molar-refractivity contribution in [1.82, 2.24) is 14.9 Å². The third kappa shape index (κ3) is 2.13. The Morgan fingerprint density at radius 1 is 1.56 bits per heavy atom. The lowest BCUT2D eigenvalue weighted by Crippen LogP contribution is -2.23. The van der Waals surface area contributed by atoms with E-state index < -0.39 is 0 Å². The number of hydrogen-bond donors (Lipinski definition) is 1. The minimum Gasteiger partial charge on any atom is -0.335 e. The molecule has 2 heterocycles. The van der Waals surface area contributed by atoms with E-state index in [4.69, 9.17) is 0 Å². The summed E-state index contributed by atoms with van der Waals surface area (Å²) in [6.07, 6.45) is 5.46. The molecular weight excluding hydrogens is 206 g/mol. The molecule has 1 unspecified atom stereocenters. The molecule has 1 aliphatic heterocycles. The minimum atomic E-state index is -0.222. The van der Waals surface area contributed by atoms with E-state index in [2.05, 4.69) is 17.2 Å². The molecule has 0 aliphatic carbocycles. The normalized spacial score (nSPS) is 20.2. The first kappa shape index (κ1) is 10.9. The summed E-state index contributed by atoms with van der Waals surface area (Å²) < 4.78 is 2.04. The Hall–Kier alpha value is -1.65. The average Bonchev–Trinajstić information content (AvgIpc) is 2.77. The second kappa shape index (κ2) is 4.47. The molecule has 1 saturated heterocycles. The molecular formula is C11H15N3O2. The molecule has 0 saturated carbocycles. The van der Waals surface area contributed by atoms with Crippen LogP contribution in [-0.4, -0.2) is 21.4 Å². The topological polar surface area (TPSA) is 64.0 Å². The van der Waals surface area contributed by atoms with Gasteiger partial charge < -0.3 is 4.57 Å². The fraction of sp³-hybridized carbons (Fsp3) is 0.545. The van der Waals surface area contributed by atoms with Crippen LogP contribution in [-0.2, 0) is 22.6 Å². The van der Waals surface area contributed by atoms with Crippen LogP contribution in [0.4, 0.5) is 0 Å². The maximum atomic E-state index is 11.4. The van der Waals surface area contributed by atoms with E-state index in [0.717, 1.165) is 18.7 Å². The largest absolute Gasteiger partial charge is 0.335 e. The average molecular weight is 221 g/mol. The van der Waals surface area contributed by atoms with Gasteiger partial charge in [-0.15, -0.1) is 0 Å². The number of carbonyl (C=O) groups excluding carboxylic acids is 2. The van der Waals surface area contributed by atoms with Crippen LogP contribution >= 0.6 is 0 Å². The lowest BCUT2D eigenvalue weighted by Gasteiger charge is -2.08. The van der Waals surface area contributed by atoms with E-state index in [0.29, 0.717) is 12.8 Å². The van der Waals surface area contributed by atoms with E-state index in [1.54, 1.807) is 12.5 Å². The van der Waals surface area contributed by atoms with Crippen molar-refractivity contribution < 1.29 is 9.59 Å². The molecule has 1 aromatic rings. The molecule has 1 fully saturated rings. The fourth-order valence-electron chi connectivity index (χ4n) is 1.98. The van der Waals surface area contributed by atoms with Crippen LogP contribution < -0.4 is 5.32 Å². The predicted molar refractivity (Wildman–Crippen MR) is 57.5 cm³/mol. The van der Waals surface area contributed by atoms with Crippen molar-refractivity contribution in [3.8, 4) is 0 Å². The van der Waals surface area contributed by atoms with Crippen molar-refractivity contribution in [1.29, 1.82) is 0 Å². The highest BCUT2D eigenvalue weighted by Crippen LogP contribution is 2.17. The SMILES string of the molecule is CCCn1cncc1CC1CC(=O)NC1=O. The van der Waals surface area contributed by atoms with Gasteiger partial charge in [0.2, 0.25) is 11.8 Å². The van der Waals surface area contributed by atoms with Crippen LogP contribution in [0.2, 0.25) is 0 Å². The molecule has 0 aromatic carbocycles. The van der Waals surface area contributed by atoms with Gasteiger partial charge in [-0.3, -0.25) is 14.9 Å². The molecule has 2 amide bonds. The Kier molecular flexibility index (Phi) is 3.03. The monoisotopic (exact) mass is 221 g/mol. The maximum Gasteiger partial charge on any atom is 0.230 e. The summed E-state index contributed by atoms with van der Waals surface area (Å²) in [6.45, 7) is 2.99. The number of aryl methyl sites for hydroxylation is 1. The molecule has 5 nitrogen and oxygen atoms in total. The Bertz CT molecular complexity index is 411. The lowest BCUT2D eigenvalue weighted by molar-refractivity contribution is -0.125. The van der Waals surface area contributed by atoms with Gasteiger partial charge in [0.05, 0.1) is 12.2 Å². The van der Waals surface area contributed by atoms with E-state index in [9.17, 15) is 9.59 Å². The summed E-state index contributed by atoms with van der Waals surface area (Å²) in [4.78, 5) is 26.5. The van der Waals surface area contributed by atoms with Crippen LogP contribution in [0.3, 0.4) is 0 Å². The number of aromatic nitrogens is 2. The van der Waals surface area contributed by atoms with Crippen LogP contribution in [0.15, 0.2) is 12.5 Å². The molecule has 1 aliphatic rings. The molecule has 5 heteroatoms. The number of imidazole rings is 1. The highest BCUT2D eigenvalue weighted by atomic mass is 16.2. The maximum absolute atomic E-state index is 11.4. The number of rotatable bonds is 4. The van der Waals surface area contributed by atoms with Crippen molar-refractivity contribution in [3.05, 3.63) is 18.2 Å². The first-order valence-corrected chi connectivity index (χ1v) is 5.53. The summed E-state index contributed by atoms with van der Waals surface area (Å²) >= 11 is 0. The first-order chi connectivity index (χ1) is 7.70. The van der Waals surface area contributed by atoms with Gasteiger partial charge in [0, 0.05) is 31.3 Å². The van der Waals surface area contributed by atoms with E-state index in [1.165, 1.54) is 0 Å². The van der Waals surface area contributed by atoms with Crippen LogP contribution in [0.5, 0.6) is 0 Å². The first-order valence-electron chi connectivity index (χ1n) is 5.53. The zero-order chi connectivity index (χ0) is 11.5. The number of carbonyl (C=O) groups is 2. The number of nitrogens with zero attached hydrogens (tertiary/aromatic N) is 2. The smallest absolute Gasteiger partial charge is 0.230 e. The molecule has 0 radical (unpaired) electrons. The Morgan fingerprint density at radius 3 is 3.00 bits per heavy atom. The second-order valence-electron chi connectivity index (χ2n) is 4.10. The molecule has 86 valence electrons. The van der Waals surface area contributed by atoms with Crippen molar-refractivity contribution in [3.63, 3.8) is 0 Å². The molecule has 2 rings (SSSR count). The third-order valence-electron chi connectivity index (χ3n) is 2.78. The second-order valence-corrected chi connectivity index (χ2v) is 4.10. The van der Waals surface area contributed by atoms with Crippen LogP contribution in [0.1, 0.15) is 25.5 Å². The van der Waals surface area contributed by atoms with Gasteiger partial charge in [-0.05, 0) is 6.42 Å². The third-order valence-corrected chi connectivity index (χ3v) is 2.78.